The van der Waals surface area contributed by atoms with E-state index in [-0.39, 0.29) is 5.75 Å². The molecule has 1 aliphatic heterocycles. The van der Waals surface area contributed by atoms with Gasteiger partial charge in [-0.15, -0.1) is 0 Å². The lowest BCUT2D eigenvalue weighted by Crippen LogP contribution is -2.43. The molecule has 2 unspecified atom stereocenters. The van der Waals surface area contributed by atoms with Gasteiger partial charge in [-0.1, -0.05) is 13.8 Å². The number of hydrogen-bond acceptors (Lipinski definition) is 3. The lowest BCUT2D eigenvalue weighted by atomic mass is 9.92. The van der Waals surface area contributed by atoms with Crippen molar-refractivity contribution in [1.82, 2.24) is 0 Å². The van der Waals surface area contributed by atoms with Gasteiger partial charge in [0.15, 0.2) is 0 Å². The van der Waals surface area contributed by atoms with Crippen LogP contribution >= 0.6 is 0 Å². The van der Waals surface area contributed by atoms with Crippen LogP contribution in [0.2, 0.25) is 0 Å². The van der Waals surface area contributed by atoms with Crippen LogP contribution in [0.1, 0.15) is 33.1 Å². The van der Waals surface area contributed by atoms with E-state index in [9.17, 15) is 13.0 Å². The molecule has 5 heteroatoms. The van der Waals surface area contributed by atoms with Crippen molar-refractivity contribution < 1.29 is 17.5 Å². The number of hydrogen-bond donors (Lipinski definition) is 0. The Morgan fingerprint density at radius 1 is 1.18 bits per heavy atom. The molecule has 0 amide bonds. The maximum atomic E-state index is 10.6. The van der Waals surface area contributed by atoms with Crippen molar-refractivity contribution in [3.05, 3.63) is 0 Å². The van der Waals surface area contributed by atoms with Crippen LogP contribution in [0.3, 0.4) is 0 Å². The highest BCUT2D eigenvalue weighted by molar-refractivity contribution is 7.85. The van der Waals surface area contributed by atoms with E-state index < -0.39 is 10.1 Å². The largest absolute Gasteiger partial charge is 0.748 e. The lowest BCUT2D eigenvalue weighted by Gasteiger charge is -2.30. The van der Waals surface area contributed by atoms with Crippen molar-refractivity contribution in [3.63, 3.8) is 0 Å². The fourth-order valence-corrected chi connectivity index (χ4v) is 3.72. The molecule has 1 saturated heterocycles. The average molecular weight is 263 g/mol. The molecule has 1 rings (SSSR count). The molecule has 0 aromatic rings. The quantitative estimate of drug-likeness (QED) is 0.538. The van der Waals surface area contributed by atoms with Crippen molar-refractivity contribution in [2.75, 3.05) is 32.4 Å². The summed E-state index contributed by atoms with van der Waals surface area (Å²) in [6, 6.07) is 0. The second kappa shape index (κ2) is 5.67. The summed E-state index contributed by atoms with van der Waals surface area (Å²) >= 11 is 0. The van der Waals surface area contributed by atoms with E-state index in [1.165, 1.54) is 12.8 Å². The monoisotopic (exact) mass is 263 g/mol. The van der Waals surface area contributed by atoms with Crippen molar-refractivity contribution >= 4 is 10.1 Å². The molecular weight excluding hydrogens is 238 g/mol. The summed E-state index contributed by atoms with van der Waals surface area (Å²) in [6.45, 7) is 7.53. The van der Waals surface area contributed by atoms with Gasteiger partial charge >= 0.3 is 0 Å². The van der Waals surface area contributed by atoms with Gasteiger partial charge in [-0.05, 0) is 12.8 Å². The summed E-state index contributed by atoms with van der Waals surface area (Å²) in [5.74, 6) is 1.30. The third-order valence-corrected chi connectivity index (χ3v) is 4.95. The second-order valence-electron chi connectivity index (χ2n) is 5.66. The van der Waals surface area contributed by atoms with Gasteiger partial charge in [-0.2, -0.15) is 0 Å². The molecule has 0 radical (unpaired) electrons. The molecule has 1 heterocycles. The van der Waals surface area contributed by atoms with Crippen LogP contribution in [0.4, 0.5) is 0 Å². The standard InChI is InChI=1S/C12H25NO3S/c1-4-11-9-13(3,10-12(11)5-2)7-6-8-17(14,15)16/h11-12H,4-10H2,1-3H3. The molecule has 4 nitrogen and oxygen atoms in total. The van der Waals surface area contributed by atoms with Crippen LogP contribution in [0.5, 0.6) is 0 Å². The highest BCUT2D eigenvalue weighted by atomic mass is 32.2. The molecule has 0 spiro atoms. The summed E-state index contributed by atoms with van der Waals surface area (Å²) < 4.78 is 32.7. The minimum absolute atomic E-state index is 0.214. The lowest BCUT2D eigenvalue weighted by molar-refractivity contribution is -0.900. The van der Waals surface area contributed by atoms with Gasteiger partial charge in [0, 0.05) is 24.0 Å². The van der Waals surface area contributed by atoms with Crippen LogP contribution in [0, 0.1) is 11.8 Å². The zero-order valence-electron chi connectivity index (χ0n) is 11.2. The van der Waals surface area contributed by atoms with Crippen LogP contribution in [-0.2, 0) is 10.1 Å². The molecule has 1 aliphatic rings. The Morgan fingerprint density at radius 2 is 1.65 bits per heavy atom. The minimum atomic E-state index is -4.04. The van der Waals surface area contributed by atoms with Crippen LogP contribution in [0.25, 0.3) is 0 Å². The van der Waals surface area contributed by atoms with E-state index >= 15 is 0 Å². The number of rotatable bonds is 6. The third-order valence-electron chi connectivity index (χ3n) is 4.16. The van der Waals surface area contributed by atoms with Crippen LogP contribution in [0.15, 0.2) is 0 Å². The third kappa shape index (κ3) is 4.56. The maximum Gasteiger partial charge on any atom is 0.0948 e. The molecule has 17 heavy (non-hydrogen) atoms. The predicted molar refractivity (Wildman–Crippen MR) is 67.5 cm³/mol. The smallest absolute Gasteiger partial charge is 0.0948 e. The average Bonchev–Trinajstić information content (AvgIpc) is 2.53. The number of likely N-dealkylation sites (tertiary alicyclic amines) is 1. The van der Waals surface area contributed by atoms with Crippen molar-refractivity contribution in [2.45, 2.75) is 33.1 Å². The van der Waals surface area contributed by atoms with Gasteiger partial charge in [-0.3, -0.25) is 0 Å². The molecule has 1 fully saturated rings. The Balaban J connectivity index is 2.48. The van der Waals surface area contributed by atoms with Crippen molar-refractivity contribution in [2.24, 2.45) is 11.8 Å². The highest BCUT2D eigenvalue weighted by Crippen LogP contribution is 2.32. The van der Waals surface area contributed by atoms with Crippen molar-refractivity contribution in [1.29, 1.82) is 0 Å². The zero-order chi connectivity index (χ0) is 13.1. The summed E-state index contributed by atoms with van der Waals surface area (Å²) in [5, 5.41) is 0. The predicted octanol–water partition coefficient (Wildman–Crippen LogP) is 1.43. The van der Waals surface area contributed by atoms with Crippen molar-refractivity contribution in [3.8, 4) is 0 Å². The van der Waals surface area contributed by atoms with Gasteiger partial charge in [-0.25, -0.2) is 8.42 Å². The number of quaternary nitrogens is 1. The second-order valence-corrected chi connectivity index (χ2v) is 7.18. The van der Waals surface area contributed by atoms with Crippen LogP contribution < -0.4 is 0 Å². The van der Waals surface area contributed by atoms with Gasteiger partial charge < -0.3 is 9.04 Å². The molecule has 0 saturated carbocycles. The summed E-state index contributed by atoms with van der Waals surface area (Å²) in [7, 11) is -1.85. The highest BCUT2D eigenvalue weighted by Gasteiger charge is 2.40. The first-order valence-corrected chi connectivity index (χ1v) is 8.14. The van der Waals surface area contributed by atoms with E-state index in [2.05, 4.69) is 20.9 Å². The molecule has 2 atom stereocenters. The van der Waals surface area contributed by atoms with E-state index in [4.69, 9.17) is 0 Å². The first-order chi connectivity index (χ1) is 7.79. The Hall–Kier alpha value is -0.130. The number of nitrogens with zero attached hydrogens (tertiary/aromatic N) is 1. The molecular formula is C12H25NO3S. The van der Waals surface area contributed by atoms with Gasteiger partial charge in [0.2, 0.25) is 0 Å². The molecule has 0 aromatic heterocycles. The van der Waals surface area contributed by atoms with E-state index in [1.807, 2.05) is 0 Å². The molecule has 0 aliphatic carbocycles. The Bertz CT molecular complexity index is 328. The molecule has 0 bridgehead atoms. The van der Waals surface area contributed by atoms with E-state index in [0.29, 0.717) is 6.42 Å². The maximum absolute atomic E-state index is 10.6. The van der Waals surface area contributed by atoms with Gasteiger partial charge in [0.1, 0.15) is 0 Å². The zero-order valence-corrected chi connectivity index (χ0v) is 12.0. The van der Waals surface area contributed by atoms with Gasteiger partial charge in [0.25, 0.3) is 0 Å². The SMILES string of the molecule is CCC1C[N+](C)(CCCS(=O)(=O)[O-])CC1CC. The van der Waals surface area contributed by atoms with Gasteiger partial charge in [0.05, 0.1) is 36.8 Å². The Labute approximate surface area is 105 Å². The minimum Gasteiger partial charge on any atom is -0.748 e. The van der Waals surface area contributed by atoms with E-state index in [0.717, 1.165) is 36.0 Å². The Kier molecular flexibility index (Phi) is 4.98. The van der Waals surface area contributed by atoms with E-state index in [1.54, 1.807) is 0 Å². The fraction of sp³-hybridized carbons (Fsp3) is 1.00. The molecule has 0 aromatic carbocycles. The topological polar surface area (TPSA) is 57.2 Å². The fourth-order valence-electron chi connectivity index (χ4n) is 3.24. The van der Waals surface area contributed by atoms with Crippen LogP contribution in [-0.4, -0.2) is 49.9 Å². The first-order valence-electron chi connectivity index (χ1n) is 6.57. The summed E-state index contributed by atoms with van der Waals surface area (Å²) in [4.78, 5) is 0. The summed E-state index contributed by atoms with van der Waals surface area (Å²) in [5.41, 5.74) is 0. The Morgan fingerprint density at radius 3 is 2.00 bits per heavy atom. The summed E-state index contributed by atoms with van der Waals surface area (Å²) in [6.07, 6.45) is 2.90. The molecule has 102 valence electrons. The molecule has 0 N–H and O–H groups in total. The normalized spacial score (nSPS) is 34.1. The first kappa shape index (κ1) is 14.9.